The first-order valence-corrected chi connectivity index (χ1v) is 6.25. The van der Waals surface area contributed by atoms with Crippen LogP contribution in [-0.4, -0.2) is 15.7 Å². The molecule has 0 amide bonds. The molecule has 0 saturated heterocycles. The molecule has 88 valence electrons. The van der Waals surface area contributed by atoms with E-state index in [0.717, 1.165) is 12.0 Å². The average molecular weight is 240 g/mol. The third-order valence-electron chi connectivity index (χ3n) is 3.38. The first-order chi connectivity index (χ1) is 7.57. The van der Waals surface area contributed by atoms with Gasteiger partial charge in [0.15, 0.2) is 0 Å². The zero-order chi connectivity index (χ0) is 11.6. The lowest BCUT2D eigenvalue weighted by Gasteiger charge is -2.33. The van der Waals surface area contributed by atoms with Gasteiger partial charge < -0.3 is 5.11 Å². The van der Waals surface area contributed by atoms with Crippen LogP contribution in [0.2, 0.25) is 5.02 Å². The summed E-state index contributed by atoms with van der Waals surface area (Å²) in [5.41, 5.74) is 0.344. The van der Waals surface area contributed by atoms with E-state index in [-0.39, 0.29) is 0 Å². The van der Waals surface area contributed by atoms with Crippen molar-refractivity contribution < 1.29 is 5.11 Å². The molecular formula is C13H18ClNO. The molecule has 1 heterocycles. The SMILES string of the molecule is CC(O)(Cc1ccncc1Cl)CC1CCC1. The van der Waals surface area contributed by atoms with E-state index < -0.39 is 5.60 Å². The van der Waals surface area contributed by atoms with E-state index >= 15 is 0 Å². The zero-order valence-corrected chi connectivity index (χ0v) is 10.4. The quantitative estimate of drug-likeness (QED) is 0.875. The van der Waals surface area contributed by atoms with Crippen LogP contribution in [0.15, 0.2) is 18.5 Å². The molecule has 0 bridgehead atoms. The molecule has 16 heavy (non-hydrogen) atoms. The van der Waals surface area contributed by atoms with Gasteiger partial charge in [-0.2, -0.15) is 0 Å². The van der Waals surface area contributed by atoms with Gasteiger partial charge >= 0.3 is 0 Å². The fourth-order valence-corrected chi connectivity index (χ4v) is 2.53. The van der Waals surface area contributed by atoms with Gasteiger partial charge in [-0.3, -0.25) is 4.98 Å². The minimum absolute atomic E-state index is 0.616. The standard InChI is InChI=1S/C13H18ClNO/c1-13(16,7-10-3-2-4-10)8-11-5-6-15-9-12(11)14/h5-6,9-10,16H,2-4,7-8H2,1H3. The van der Waals surface area contributed by atoms with Crippen LogP contribution in [0, 0.1) is 5.92 Å². The van der Waals surface area contributed by atoms with Crippen LogP contribution in [0.25, 0.3) is 0 Å². The van der Waals surface area contributed by atoms with E-state index in [1.165, 1.54) is 19.3 Å². The monoisotopic (exact) mass is 239 g/mol. The van der Waals surface area contributed by atoms with Crippen LogP contribution in [0.3, 0.4) is 0 Å². The smallest absolute Gasteiger partial charge is 0.0663 e. The molecule has 1 aromatic rings. The van der Waals surface area contributed by atoms with E-state index in [1.54, 1.807) is 12.4 Å². The van der Waals surface area contributed by atoms with Gasteiger partial charge in [0, 0.05) is 18.8 Å². The Kier molecular flexibility index (Phi) is 3.50. The van der Waals surface area contributed by atoms with Crippen molar-refractivity contribution >= 4 is 11.6 Å². The lowest BCUT2D eigenvalue weighted by Crippen LogP contribution is -2.32. The average Bonchev–Trinajstić information content (AvgIpc) is 2.16. The van der Waals surface area contributed by atoms with Crippen molar-refractivity contribution in [1.82, 2.24) is 4.98 Å². The molecule has 1 unspecified atom stereocenters. The minimum atomic E-state index is -0.643. The molecule has 0 aromatic carbocycles. The summed E-state index contributed by atoms with van der Waals surface area (Å²) in [5.74, 6) is 0.704. The normalized spacial score (nSPS) is 20.2. The van der Waals surface area contributed by atoms with E-state index in [4.69, 9.17) is 11.6 Å². The Morgan fingerprint density at radius 1 is 1.56 bits per heavy atom. The molecule has 1 N–H and O–H groups in total. The minimum Gasteiger partial charge on any atom is -0.390 e. The maximum absolute atomic E-state index is 10.3. The van der Waals surface area contributed by atoms with Crippen molar-refractivity contribution in [2.24, 2.45) is 5.92 Å². The third kappa shape index (κ3) is 2.96. The number of rotatable bonds is 4. The van der Waals surface area contributed by atoms with Gasteiger partial charge in [0.05, 0.1) is 10.6 Å². The molecule has 2 rings (SSSR count). The maximum Gasteiger partial charge on any atom is 0.0663 e. The number of aliphatic hydroxyl groups is 1. The molecule has 0 spiro atoms. The van der Waals surface area contributed by atoms with Crippen LogP contribution in [-0.2, 0) is 6.42 Å². The molecule has 1 saturated carbocycles. The number of nitrogens with zero attached hydrogens (tertiary/aromatic N) is 1. The molecule has 2 nitrogen and oxygen atoms in total. The Labute approximate surface area is 102 Å². The van der Waals surface area contributed by atoms with Crippen LogP contribution in [0.4, 0.5) is 0 Å². The summed E-state index contributed by atoms with van der Waals surface area (Å²) in [6.45, 7) is 1.90. The second-order valence-electron chi connectivity index (χ2n) is 5.14. The Bertz CT molecular complexity index is 361. The van der Waals surface area contributed by atoms with Crippen LogP contribution >= 0.6 is 11.6 Å². The van der Waals surface area contributed by atoms with Crippen LogP contribution in [0.5, 0.6) is 0 Å². The molecular weight excluding hydrogens is 222 g/mol. The van der Waals surface area contributed by atoms with Crippen molar-refractivity contribution in [2.45, 2.75) is 44.6 Å². The number of halogens is 1. The Morgan fingerprint density at radius 3 is 2.88 bits per heavy atom. The van der Waals surface area contributed by atoms with Crippen molar-refractivity contribution in [2.75, 3.05) is 0 Å². The second kappa shape index (κ2) is 4.72. The molecule has 1 aromatic heterocycles. The molecule has 0 aliphatic heterocycles. The Balaban J connectivity index is 1.99. The van der Waals surface area contributed by atoms with Gasteiger partial charge in [-0.25, -0.2) is 0 Å². The largest absolute Gasteiger partial charge is 0.390 e. The number of aromatic nitrogens is 1. The summed E-state index contributed by atoms with van der Waals surface area (Å²) in [5, 5.41) is 11.0. The van der Waals surface area contributed by atoms with Crippen LogP contribution < -0.4 is 0 Å². The van der Waals surface area contributed by atoms with Crippen molar-refractivity contribution in [3.05, 3.63) is 29.0 Å². The van der Waals surface area contributed by atoms with Crippen molar-refractivity contribution in [3.8, 4) is 0 Å². The summed E-state index contributed by atoms with van der Waals surface area (Å²) in [6, 6.07) is 1.89. The van der Waals surface area contributed by atoms with Gasteiger partial charge in [0.2, 0.25) is 0 Å². The maximum atomic E-state index is 10.3. The van der Waals surface area contributed by atoms with E-state index in [9.17, 15) is 5.11 Å². The second-order valence-corrected chi connectivity index (χ2v) is 5.55. The van der Waals surface area contributed by atoms with Gasteiger partial charge in [0.25, 0.3) is 0 Å². The predicted octanol–water partition coefficient (Wildman–Crippen LogP) is 3.22. The van der Waals surface area contributed by atoms with E-state index in [0.29, 0.717) is 17.4 Å². The summed E-state index contributed by atoms with van der Waals surface area (Å²) in [7, 11) is 0. The Hall–Kier alpha value is -0.600. The molecule has 3 heteroatoms. The number of hydrogen-bond acceptors (Lipinski definition) is 2. The van der Waals surface area contributed by atoms with E-state index in [2.05, 4.69) is 4.98 Å². The van der Waals surface area contributed by atoms with Gasteiger partial charge in [-0.05, 0) is 30.9 Å². The van der Waals surface area contributed by atoms with Crippen molar-refractivity contribution in [1.29, 1.82) is 0 Å². The summed E-state index contributed by atoms with van der Waals surface area (Å²) < 4.78 is 0. The summed E-state index contributed by atoms with van der Waals surface area (Å²) in [4.78, 5) is 3.95. The number of hydrogen-bond donors (Lipinski definition) is 1. The predicted molar refractivity (Wildman–Crippen MR) is 65.5 cm³/mol. The highest BCUT2D eigenvalue weighted by atomic mass is 35.5. The highest BCUT2D eigenvalue weighted by Gasteiger charge is 2.29. The van der Waals surface area contributed by atoms with Gasteiger partial charge in [0.1, 0.15) is 0 Å². The fraction of sp³-hybridized carbons (Fsp3) is 0.615. The molecule has 1 aliphatic rings. The van der Waals surface area contributed by atoms with E-state index in [1.807, 2.05) is 13.0 Å². The van der Waals surface area contributed by atoms with Gasteiger partial charge in [-0.15, -0.1) is 0 Å². The Morgan fingerprint density at radius 2 is 2.31 bits per heavy atom. The van der Waals surface area contributed by atoms with Gasteiger partial charge in [-0.1, -0.05) is 30.9 Å². The molecule has 1 fully saturated rings. The first-order valence-electron chi connectivity index (χ1n) is 5.88. The molecule has 0 radical (unpaired) electrons. The molecule has 1 atom stereocenters. The topological polar surface area (TPSA) is 33.1 Å². The highest BCUT2D eigenvalue weighted by molar-refractivity contribution is 6.31. The lowest BCUT2D eigenvalue weighted by molar-refractivity contribution is 0.0204. The summed E-state index contributed by atoms with van der Waals surface area (Å²) in [6.07, 6.45) is 8.70. The highest BCUT2D eigenvalue weighted by Crippen LogP contribution is 2.35. The third-order valence-corrected chi connectivity index (χ3v) is 3.72. The fourth-order valence-electron chi connectivity index (χ4n) is 2.35. The van der Waals surface area contributed by atoms with Crippen molar-refractivity contribution in [3.63, 3.8) is 0 Å². The lowest BCUT2D eigenvalue weighted by atomic mass is 9.76. The zero-order valence-electron chi connectivity index (χ0n) is 9.62. The number of pyridine rings is 1. The summed E-state index contributed by atoms with van der Waals surface area (Å²) >= 11 is 6.04. The van der Waals surface area contributed by atoms with Crippen LogP contribution in [0.1, 0.15) is 38.2 Å². The first kappa shape index (κ1) is 11.9. The molecule has 1 aliphatic carbocycles.